The molecule has 0 saturated carbocycles. The summed E-state index contributed by atoms with van der Waals surface area (Å²) in [6, 6.07) is 1.46. The molecule has 0 bridgehead atoms. The van der Waals surface area contributed by atoms with E-state index in [9.17, 15) is 4.79 Å². The van der Waals surface area contributed by atoms with E-state index in [1.54, 1.807) is 0 Å². The van der Waals surface area contributed by atoms with Gasteiger partial charge in [0, 0.05) is 6.20 Å². The molecule has 0 unspecified atom stereocenters. The maximum Gasteiger partial charge on any atom is 0.356 e. The Hall–Kier alpha value is -1.84. The van der Waals surface area contributed by atoms with Crippen LogP contribution in [-0.4, -0.2) is 33.0 Å². The van der Waals surface area contributed by atoms with Crippen LogP contribution in [0.5, 0.6) is 0 Å². The van der Waals surface area contributed by atoms with Crippen molar-refractivity contribution in [2.24, 2.45) is 0 Å². The van der Waals surface area contributed by atoms with Crippen molar-refractivity contribution in [1.82, 2.24) is 4.98 Å². The van der Waals surface area contributed by atoms with Gasteiger partial charge in [-0.25, -0.2) is 9.78 Å². The molecule has 0 aliphatic carbocycles. The van der Waals surface area contributed by atoms with Crippen molar-refractivity contribution < 1.29 is 14.0 Å². The monoisotopic (exact) mass is 320 g/mol. The molecule has 0 spiro atoms. The topological polar surface area (TPSA) is 74.4 Å². The summed E-state index contributed by atoms with van der Waals surface area (Å²) >= 11 is 0. The molecule has 0 amide bonds. The number of anilines is 1. The Balaban J connectivity index is 2.76. The SMILES string of the molecule is COC(=O)c1cc(N)c(C#CCO[Si](C)(C)C(C)(C)C)cn1. The number of aromatic nitrogens is 1. The molecule has 0 fully saturated rings. The number of nitrogen functional groups attached to an aromatic ring is 1. The maximum atomic E-state index is 11.3. The molecule has 0 atom stereocenters. The highest BCUT2D eigenvalue weighted by Gasteiger charge is 2.36. The molecule has 2 N–H and O–H groups in total. The third-order valence-corrected chi connectivity index (χ3v) is 8.34. The summed E-state index contributed by atoms with van der Waals surface area (Å²) in [5.74, 6) is 5.37. The molecule has 5 nitrogen and oxygen atoms in total. The van der Waals surface area contributed by atoms with Crippen LogP contribution in [0.15, 0.2) is 12.3 Å². The third kappa shape index (κ3) is 4.58. The van der Waals surface area contributed by atoms with Gasteiger partial charge in [-0.3, -0.25) is 0 Å². The Kier molecular flexibility index (Phi) is 5.75. The molecule has 1 rings (SSSR count). The van der Waals surface area contributed by atoms with Crippen LogP contribution in [0.25, 0.3) is 0 Å². The first-order valence-electron chi connectivity index (χ1n) is 7.05. The van der Waals surface area contributed by atoms with E-state index in [-0.39, 0.29) is 10.7 Å². The van der Waals surface area contributed by atoms with Gasteiger partial charge in [0.25, 0.3) is 0 Å². The van der Waals surface area contributed by atoms with E-state index in [4.69, 9.17) is 10.2 Å². The zero-order valence-electron chi connectivity index (χ0n) is 14.1. The summed E-state index contributed by atoms with van der Waals surface area (Å²) in [7, 11) is -0.498. The Morgan fingerprint density at radius 3 is 2.55 bits per heavy atom. The number of carbonyl (C=O) groups excluding carboxylic acids is 1. The van der Waals surface area contributed by atoms with Crippen molar-refractivity contribution in [3.63, 3.8) is 0 Å². The number of pyridine rings is 1. The van der Waals surface area contributed by atoms with Crippen LogP contribution in [0.2, 0.25) is 18.1 Å². The van der Waals surface area contributed by atoms with Crippen molar-refractivity contribution in [3.05, 3.63) is 23.5 Å². The van der Waals surface area contributed by atoms with Gasteiger partial charge >= 0.3 is 5.97 Å². The van der Waals surface area contributed by atoms with Crippen LogP contribution in [-0.2, 0) is 9.16 Å². The summed E-state index contributed by atoms with van der Waals surface area (Å²) < 4.78 is 10.6. The minimum absolute atomic E-state index is 0.150. The highest BCUT2D eigenvalue weighted by molar-refractivity contribution is 6.74. The second-order valence-corrected chi connectivity index (χ2v) is 11.3. The Morgan fingerprint density at radius 1 is 1.41 bits per heavy atom. The van der Waals surface area contributed by atoms with Crippen molar-refractivity contribution in [2.75, 3.05) is 19.5 Å². The summed E-state index contributed by atoms with van der Waals surface area (Å²) in [5.41, 5.74) is 7.01. The van der Waals surface area contributed by atoms with Gasteiger partial charge in [-0.2, -0.15) is 0 Å². The van der Waals surface area contributed by atoms with Crippen LogP contribution in [0.4, 0.5) is 5.69 Å². The van der Waals surface area contributed by atoms with E-state index < -0.39 is 14.3 Å². The fraction of sp³-hybridized carbons (Fsp3) is 0.500. The molecule has 0 aliphatic rings. The molecule has 1 heterocycles. The van der Waals surface area contributed by atoms with Gasteiger partial charge in [0.1, 0.15) is 5.69 Å². The van der Waals surface area contributed by atoms with E-state index >= 15 is 0 Å². The Bertz CT molecular complexity index is 610. The first-order valence-corrected chi connectivity index (χ1v) is 9.96. The number of methoxy groups -OCH3 is 1. The number of hydrogen-bond donors (Lipinski definition) is 1. The Labute approximate surface area is 133 Å². The number of esters is 1. The molecule has 22 heavy (non-hydrogen) atoms. The second kappa shape index (κ2) is 6.94. The Morgan fingerprint density at radius 2 is 2.05 bits per heavy atom. The third-order valence-electron chi connectivity index (χ3n) is 3.86. The standard InChI is InChI=1S/C16H24N2O3Si/c1-16(2,3)22(5,6)21-9-7-8-12-11-18-14(10-13(12)17)15(19)20-4/h10-11H,9H2,1-6H3,(H2,17,18). The number of nitrogens with zero attached hydrogens (tertiary/aromatic N) is 1. The molecular formula is C16H24N2O3Si. The number of ether oxygens (including phenoxy) is 1. The minimum atomic E-state index is -1.80. The fourth-order valence-corrected chi connectivity index (χ4v) is 2.22. The van der Waals surface area contributed by atoms with Crippen LogP contribution >= 0.6 is 0 Å². The van der Waals surface area contributed by atoms with Crippen molar-refractivity contribution >= 4 is 20.0 Å². The van der Waals surface area contributed by atoms with Gasteiger partial charge in [0.05, 0.1) is 25.0 Å². The second-order valence-electron chi connectivity index (χ2n) is 6.50. The quantitative estimate of drug-likeness (QED) is 0.526. The first kappa shape index (κ1) is 18.2. The summed E-state index contributed by atoms with van der Waals surface area (Å²) in [5, 5.41) is 0.150. The highest BCUT2D eigenvalue weighted by Crippen LogP contribution is 2.36. The van der Waals surface area contributed by atoms with Gasteiger partial charge in [0.15, 0.2) is 8.32 Å². The van der Waals surface area contributed by atoms with Gasteiger partial charge in [-0.05, 0) is 24.2 Å². The molecule has 0 aromatic carbocycles. The summed E-state index contributed by atoms with van der Waals surface area (Å²) in [6.07, 6.45) is 1.47. The lowest BCUT2D eigenvalue weighted by molar-refractivity contribution is 0.0594. The zero-order valence-corrected chi connectivity index (χ0v) is 15.1. The molecule has 0 radical (unpaired) electrons. The average Bonchev–Trinajstić information content (AvgIpc) is 2.42. The molecule has 6 heteroatoms. The zero-order chi connectivity index (χ0) is 17.0. The predicted molar refractivity (Wildman–Crippen MR) is 90.0 cm³/mol. The van der Waals surface area contributed by atoms with Gasteiger partial charge < -0.3 is 14.9 Å². The lowest BCUT2D eigenvalue weighted by Gasteiger charge is -2.35. The molecule has 120 valence electrons. The number of carbonyl (C=O) groups is 1. The minimum Gasteiger partial charge on any atom is -0.464 e. The fourth-order valence-electron chi connectivity index (χ4n) is 1.36. The molecule has 0 aliphatic heterocycles. The normalized spacial score (nSPS) is 11.5. The van der Waals surface area contributed by atoms with Gasteiger partial charge in [-0.1, -0.05) is 32.6 Å². The maximum absolute atomic E-state index is 11.3. The van der Waals surface area contributed by atoms with Gasteiger partial charge in [0.2, 0.25) is 0 Å². The predicted octanol–water partition coefficient (Wildman–Crippen LogP) is 2.82. The van der Waals surface area contributed by atoms with Gasteiger partial charge in [-0.15, -0.1) is 0 Å². The van der Waals surface area contributed by atoms with E-state index in [0.29, 0.717) is 17.9 Å². The number of nitrogens with two attached hydrogens (primary N) is 1. The van der Waals surface area contributed by atoms with E-state index in [0.717, 1.165) is 0 Å². The van der Waals surface area contributed by atoms with Crippen LogP contribution in [0, 0.1) is 11.8 Å². The molecule has 0 saturated heterocycles. The first-order chi connectivity index (χ1) is 10.1. The lowest BCUT2D eigenvalue weighted by Crippen LogP contribution is -2.40. The van der Waals surface area contributed by atoms with Crippen molar-refractivity contribution in [1.29, 1.82) is 0 Å². The summed E-state index contributed by atoms with van der Waals surface area (Å²) in [4.78, 5) is 15.3. The molecule has 1 aromatic rings. The average molecular weight is 320 g/mol. The molecular weight excluding hydrogens is 296 g/mol. The number of hydrogen-bond acceptors (Lipinski definition) is 5. The summed E-state index contributed by atoms with van der Waals surface area (Å²) in [6.45, 7) is 11.3. The van der Waals surface area contributed by atoms with E-state index in [1.165, 1.54) is 19.4 Å². The highest BCUT2D eigenvalue weighted by atomic mass is 28.4. The molecule has 1 aromatic heterocycles. The lowest BCUT2D eigenvalue weighted by atomic mass is 10.2. The smallest absolute Gasteiger partial charge is 0.356 e. The largest absolute Gasteiger partial charge is 0.464 e. The van der Waals surface area contributed by atoms with Crippen LogP contribution < -0.4 is 5.73 Å². The van der Waals surface area contributed by atoms with E-state index in [2.05, 4.69) is 55.4 Å². The van der Waals surface area contributed by atoms with E-state index in [1.807, 2.05) is 0 Å². The van der Waals surface area contributed by atoms with Crippen molar-refractivity contribution in [3.8, 4) is 11.8 Å². The van der Waals surface area contributed by atoms with Crippen LogP contribution in [0.3, 0.4) is 0 Å². The van der Waals surface area contributed by atoms with Crippen molar-refractivity contribution in [2.45, 2.75) is 38.9 Å². The van der Waals surface area contributed by atoms with Crippen LogP contribution in [0.1, 0.15) is 36.8 Å². The number of rotatable bonds is 3.